The lowest BCUT2D eigenvalue weighted by atomic mass is 10.1. The van der Waals surface area contributed by atoms with Crippen molar-refractivity contribution >= 4 is 39.1 Å². The Morgan fingerprint density at radius 3 is 2.10 bits per heavy atom. The second-order valence-electron chi connectivity index (χ2n) is 7.59. The first kappa shape index (κ1) is 24.7. The minimum absolute atomic E-state index is 0.0979. The van der Waals surface area contributed by atoms with Crippen molar-refractivity contribution in [2.24, 2.45) is 0 Å². The number of anilines is 1. The minimum Gasteiger partial charge on any atom is -0.352 e. The van der Waals surface area contributed by atoms with Gasteiger partial charge in [0.05, 0.1) is 11.9 Å². The van der Waals surface area contributed by atoms with Gasteiger partial charge in [0.2, 0.25) is 21.8 Å². The number of para-hydroxylation sites is 1. The molecule has 0 saturated carbocycles. The topological polar surface area (TPSA) is 86.8 Å². The van der Waals surface area contributed by atoms with Crippen molar-refractivity contribution < 1.29 is 18.0 Å². The molecule has 7 nitrogen and oxygen atoms in total. The fourth-order valence-corrected chi connectivity index (χ4v) is 3.96. The fourth-order valence-electron chi connectivity index (χ4n) is 2.98. The molecule has 0 fully saturated rings. The van der Waals surface area contributed by atoms with Gasteiger partial charge in [-0.25, -0.2) is 8.42 Å². The van der Waals surface area contributed by atoms with E-state index in [-0.39, 0.29) is 18.5 Å². The third-order valence-electron chi connectivity index (χ3n) is 4.59. The second kappa shape index (κ2) is 10.6. The molecule has 1 atom stereocenters. The van der Waals surface area contributed by atoms with Crippen LogP contribution in [-0.2, 0) is 26.2 Å². The Morgan fingerprint density at radius 2 is 1.58 bits per heavy atom. The lowest BCUT2D eigenvalue weighted by Gasteiger charge is -2.31. The van der Waals surface area contributed by atoms with Crippen molar-refractivity contribution in [1.29, 1.82) is 0 Å². The summed E-state index contributed by atoms with van der Waals surface area (Å²) in [5.74, 6) is -0.807. The molecular formula is C22H28ClN3O4S. The van der Waals surface area contributed by atoms with Crippen LogP contribution in [0.3, 0.4) is 0 Å². The van der Waals surface area contributed by atoms with E-state index in [2.05, 4.69) is 5.32 Å². The normalized spacial score (nSPS) is 12.3. The van der Waals surface area contributed by atoms with Gasteiger partial charge < -0.3 is 10.2 Å². The van der Waals surface area contributed by atoms with Gasteiger partial charge in [-0.1, -0.05) is 41.9 Å². The van der Waals surface area contributed by atoms with Gasteiger partial charge in [-0.15, -0.1) is 0 Å². The molecular weight excluding hydrogens is 438 g/mol. The first-order chi connectivity index (χ1) is 14.5. The lowest BCUT2D eigenvalue weighted by Crippen LogP contribution is -2.52. The van der Waals surface area contributed by atoms with Gasteiger partial charge in [-0.05, 0) is 50.6 Å². The van der Waals surface area contributed by atoms with Gasteiger partial charge in [-0.2, -0.15) is 0 Å². The Kier molecular flexibility index (Phi) is 8.47. The van der Waals surface area contributed by atoms with Crippen molar-refractivity contribution in [1.82, 2.24) is 10.2 Å². The third kappa shape index (κ3) is 7.25. The number of hydrogen-bond acceptors (Lipinski definition) is 4. The van der Waals surface area contributed by atoms with Crippen LogP contribution in [0.5, 0.6) is 0 Å². The van der Waals surface area contributed by atoms with E-state index in [0.29, 0.717) is 10.7 Å². The molecule has 1 N–H and O–H groups in total. The fraction of sp³-hybridized carbons (Fsp3) is 0.364. The smallest absolute Gasteiger partial charge is 0.244 e. The van der Waals surface area contributed by atoms with Crippen LogP contribution in [-0.4, -0.2) is 50.0 Å². The quantitative estimate of drug-likeness (QED) is 0.616. The summed E-state index contributed by atoms with van der Waals surface area (Å²) >= 11 is 5.95. The average Bonchev–Trinajstić information content (AvgIpc) is 2.70. The zero-order valence-electron chi connectivity index (χ0n) is 18.1. The van der Waals surface area contributed by atoms with Crippen LogP contribution >= 0.6 is 11.6 Å². The van der Waals surface area contributed by atoms with E-state index in [0.717, 1.165) is 16.1 Å². The molecule has 0 aromatic heterocycles. The monoisotopic (exact) mass is 465 g/mol. The second-order valence-corrected chi connectivity index (χ2v) is 9.94. The van der Waals surface area contributed by atoms with Crippen LogP contribution in [0.1, 0.15) is 26.3 Å². The van der Waals surface area contributed by atoms with Crippen molar-refractivity contribution in [3.63, 3.8) is 0 Å². The molecule has 0 bridgehead atoms. The highest BCUT2D eigenvalue weighted by atomic mass is 35.5. The summed E-state index contributed by atoms with van der Waals surface area (Å²) in [5, 5.41) is 3.36. The Hall–Kier alpha value is -2.58. The number of amides is 2. The zero-order valence-corrected chi connectivity index (χ0v) is 19.7. The molecule has 2 aromatic rings. The van der Waals surface area contributed by atoms with Gasteiger partial charge in [0, 0.05) is 17.6 Å². The number of sulfonamides is 1. The Bertz CT molecular complexity index is 995. The van der Waals surface area contributed by atoms with E-state index in [1.54, 1.807) is 61.5 Å². The molecule has 0 saturated heterocycles. The van der Waals surface area contributed by atoms with Crippen LogP contribution in [0.15, 0.2) is 54.6 Å². The van der Waals surface area contributed by atoms with Gasteiger partial charge in [0.25, 0.3) is 0 Å². The highest BCUT2D eigenvalue weighted by Gasteiger charge is 2.30. The number of carbonyl (C=O) groups excluding carboxylic acids is 2. The summed E-state index contributed by atoms with van der Waals surface area (Å²) < 4.78 is 25.8. The van der Waals surface area contributed by atoms with E-state index >= 15 is 0 Å². The van der Waals surface area contributed by atoms with E-state index in [4.69, 9.17) is 11.6 Å². The number of nitrogens with one attached hydrogen (secondary N) is 1. The van der Waals surface area contributed by atoms with Crippen molar-refractivity contribution in [2.75, 3.05) is 17.1 Å². The molecule has 0 heterocycles. The van der Waals surface area contributed by atoms with Crippen LogP contribution in [0, 0.1) is 0 Å². The number of benzene rings is 2. The average molecular weight is 466 g/mol. The van der Waals surface area contributed by atoms with Crippen molar-refractivity contribution in [2.45, 2.75) is 39.4 Å². The first-order valence-electron chi connectivity index (χ1n) is 9.86. The maximum atomic E-state index is 13.3. The largest absolute Gasteiger partial charge is 0.352 e. The number of rotatable bonds is 9. The van der Waals surface area contributed by atoms with Crippen LogP contribution < -0.4 is 9.62 Å². The zero-order chi connectivity index (χ0) is 23.2. The highest BCUT2D eigenvalue weighted by molar-refractivity contribution is 7.92. The maximum Gasteiger partial charge on any atom is 0.244 e. The van der Waals surface area contributed by atoms with Crippen LogP contribution in [0.4, 0.5) is 5.69 Å². The summed E-state index contributed by atoms with van der Waals surface area (Å²) in [6, 6.07) is 14.4. The third-order valence-corrected chi connectivity index (χ3v) is 5.98. The molecule has 0 aliphatic carbocycles. The molecule has 2 aromatic carbocycles. The Balaban J connectivity index is 2.35. The predicted molar refractivity (Wildman–Crippen MR) is 123 cm³/mol. The molecule has 0 aliphatic rings. The lowest BCUT2D eigenvalue weighted by molar-refractivity contribution is -0.139. The van der Waals surface area contributed by atoms with Crippen LogP contribution in [0.2, 0.25) is 5.02 Å². The molecule has 31 heavy (non-hydrogen) atoms. The van der Waals surface area contributed by atoms with Gasteiger partial charge in [0.1, 0.15) is 12.6 Å². The molecule has 168 valence electrons. The first-order valence-corrected chi connectivity index (χ1v) is 12.1. The number of carbonyl (C=O) groups is 2. The number of halogens is 1. The molecule has 0 aliphatic heterocycles. The minimum atomic E-state index is -3.72. The van der Waals surface area contributed by atoms with Gasteiger partial charge in [-0.3, -0.25) is 13.9 Å². The molecule has 2 rings (SSSR count). The highest BCUT2D eigenvalue weighted by Crippen LogP contribution is 2.19. The summed E-state index contributed by atoms with van der Waals surface area (Å²) in [5.41, 5.74) is 1.15. The standard InChI is InChI=1S/C22H28ClN3O4S/c1-16(2)24-22(28)17(3)25(14-18-10-12-19(23)13-11-18)21(27)15-26(31(4,29)30)20-8-6-5-7-9-20/h5-13,16-17H,14-15H2,1-4H3,(H,24,28). The van der Waals surface area contributed by atoms with Gasteiger partial charge in [0.15, 0.2) is 0 Å². The molecule has 1 unspecified atom stereocenters. The summed E-state index contributed by atoms with van der Waals surface area (Å²) in [6.45, 7) is 5.00. The molecule has 2 amide bonds. The number of hydrogen-bond donors (Lipinski definition) is 1. The SMILES string of the molecule is CC(C)NC(=O)C(C)N(Cc1ccc(Cl)cc1)C(=O)CN(c1ccccc1)S(C)(=O)=O. The van der Waals surface area contributed by atoms with E-state index in [1.165, 1.54) is 4.90 Å². The van der Waals surface area contributed by atoms with E-state index < -0.39 is 28.5 Å². The molecule has 9 heteroatoms. The predicted octanol–water partition coefficient (Wildman–Crippen LogP) is 3.05. The summed E-state index contributed by atoms with van der Waals surface area (Å²) in [6.07, 6.45) is 1.05. The Morgan fingerprint density at radius 1 is 1.00 bits per heavy atom. The summed E-state index contributed by atoms with van der Waals surface area (Å²) in [7, 11) is -3.72. The maximum absolute atomic E-state index is 13.3. The van der Waals surface area contributed by atoms with E-state index in [1.807, 2.05) is 13.8 Å². The number of nitrogens with zero attached hydrogens (tertiary/aromatic N) is 2. The van der Waals surface area contributed by atoms with Gasteiger partial charge >= 0.3 is 0 Å². The molecule has 0 spiro atoms. The summed E-state index contributed by atoms with van der Waals surface area (Å²) in [4.78, 5) is 27.3. The van der Waals surface area contributed by atoms with Crippen molar-refractivity contribution in [3.05, 3.63) is 65.2 Å². The van der Waals surface area contributed by atoms with E-state index in [9.17, 15) is 18.0 Å². The Labute approximate surface area is 189 Å². The molecule has 0 radical (unpaired) electrons. The van der Waals surface area contributed by atoms with Crippen LogP contribution in [0.25, 0.3) is 0 Å². The van der Waals surface area contributed by atoms with Crippen molar-refractivity contribution in [3.8, 4) is 0 Å².